The van der Waals surface area contributed by atoms with Gasteiger partial charge in [-0.3, -0.25) is 4.79 Å². The van der Waals surface area contributed by atoms with Crippen LogP contribution in [0.3, 0.4) is 0 Å². The normalized spacial score (nSPS) is 16.2. The number of carbonyl (C=O) groups excluding carboxylic acids is 1. The van der Waals surface area contributed by atoms with Crippen molar-refractivity contribution in [2.75, 3.05) is 46.4 Å². The van der Waals surface area contributed by atoms with Gasteiger partial charge in [-0.25, -0.2) is 0 Å². The summed E-state index contributed by atoms with van der Waals surface area (Å²) in [4.78, 5) is 14.1. The summed E-state index contributed by atoms with van der Waals surface area (Å²) in [5.74, 6) is 2.30. The average Bonchev–Trinajstić information content (AvgIpc) is 3.10. The van der Waals surface area contributed by atoms with Crippen LogP contribution in [0.4, 0.5) is 5.69 Å². The zero-order valence-corrected chi connectivity index (χ0v) is 15.6. The molecule has 1 amide bonds. The minimum absolute atomic E-state index is 0. The third kappa shape index (κ3) is 4.68. The van der Waals surface area contributed by atoms with E-state index in [1.165, 1.54) is 0 Å². The van der Waals surface area contributed by atoms with E-state index in [1.807, 2.05) is 0 Å². The summed E-state index contributed by atoms with van der Waals surface area (Å²) in [5, 5.41) is 3.33. The number of halogens is 1. The molecular formula is C17H27ClN2O4. The average molecular weight is 359 g/mol. The van der Waals surface area contributed by atoms with Gasteiger partial charge in [0.1, 0.15) is 0 Å². The van der Waals surface area contributed by atoms with E-state index in [4.69, 9.17) is 14.2 Å². The van der Waals surface area contributed by atoms with Gasteiger partial charge < -0.3 is 24.4 Å². The van der Waals surface area contributed by atoms with E-state index in [0.29, 0.717) is 29.6 Å². The number of carbonyl (C=O) groups is 1. The molecule has 0 radical (unpaired) electrons. The van der Waals surface area contributed by atoms with Crippen LogP contribution < -0.4 is 24.4 Å². The molecule has 1 aromatic carbocycles. The van der Waals surface area contributed by atoms with Gasteiger partial charge in [-0.1, -0.05) is 0 Å². The highest BCUT2D eigenvalue weighted by Gasteiger charge is 2.20. The minimum atomic E-state index is 0. The van der Waals surface area contributed by atoms with Gasteiger partial charge in [-0.15, -0.1) is 12.4 Å². The summed E-state index contributed by atoms with van der Waals surface area (Å²) in [6.07, 6.45) is 2.61. The van der Waals surface area contributed by atoms with Crippen LogP contribution in [-0.2, 0) is 4.79 Å². The summed E-state index contributed by atoms with van der Waals surface area (Å²) in [5.41, 5.74) is 0.731. The van der Waals surface area contributed by atoms with Gasteiger partial charge in [-0.05, 0) is 31.8 Å². The lowest BCUT2D eigenvalue weighted by Crippen LogP contribution is -2.26. The quantitative estimate of drug-likeness (QED) is 0.811. The van der Waals surface area contributed by atoms with Gasteiger partial charge in [-0.2, -0.15) is 0 Å². The first-order chi connectivity index (χ1) is 11.1. The number of benzene rings is 1. The van der Waals surface area contributed by atoms with Gasteiger partial charge in [0.2, 0.25) is 11.7 Å². The fraction of sp³-hybridized carbons (Fsp3) is 0.588. The summed E-state index contributed by atoms with van der Waals surface area (Å²) in [6.45, 7) is 2.07. The molecule has 0 saturated carbocycles. The molecule has 1 aliphatic heterocycles. The zero-order valence-electron chi connectivity index (χ0n) is 14.8. The first-order valence-electron chi connectivity index (χ1n) is 7.88. The topological polar surface area (TPSA) is 60.0 Å². The van der Waals surface area contributed by atoms with Crippen LogP contribution in [0.15, 0.2) is 12.1 Å². The van der Waals surface area contributed by atoms with Gasteiger partial charge in [0.05, 0.1) is 27.0 Å². The molecule has 0 aliphatic carbocycles. The van der Waals surface area contributed by atoms with E-state index in [-0.39, 0.29) is 18.3 Å². The van der Waals surface area contributed by atoms with Gasteiger partial charge >= 0.3 is 0 Å². The molecule has 24 heavy (non-hydrogen) atoms. The third-order valence-corrected chi connectivity index (χ3v) is 4.34. The highest BCUT2D eigenvalue weighted by molar-refractivity contribution is 5.93. The van der Waals surface area contributed by atoms with Crippen LogP contribution >= 0.6 is 12.4 Å². The van der Waals surface area contributed by atoms with E-state index in [1.54, 1.807) is 45.4 Å². The second-order valence-electron chi connectivity index (χ2n) is 5.73. The van der Waals surface area contributed by atoms with Crippen LogP contribution in [-0.4, -0.2) is 47.4 Å². The highest BCUT2D eigenvalue weighted by Crippen LogP contribution is 2.40. The van der Waals surface area contributed by atoms with Gasteiger partial charge in [0.25, 0.3) is 0 Å². The Morgan fingerprint density at radius 2 is 1.83 bits per heavy atom. The van der Waals surface area contributed by atoms with E-state index < -0.39 is 0 Å². The van der Waals surface area contributed by atoms with Crippen molar-refractivity contribution in [3.05, 3.63) is 12.1 Å². The molecule has 2 rings (SSSR count). The second-order valence-corrected chi connectivity index (χ2v) is 5.73. The minimum Gasteiger partial charge on any atom is -0.493 e. The SMILES string of the molecule is COc1cc(N(C)C(=O)CCC2CCNC2)cc(OC)c1OC.Cl. The van der Waals surface area contributed by atoms with Crippen molar-refractivity contribution in [1.82, 2.24) is 5.32 Å². The molecule has 1 fully saturated rings. The standard InChI is InChI=1S/C17H26N2O4.ClH/c1-19(16(20)6-5-12-7-8-18-11-12)13-9-14(21-2)17(23-4)15(10-13)22-3;/h9-10,12,18H,5-8,11H2,1-4H3;1H. The lowest BCUT2D eigenvalue weighted by molar-refractivity contribution is -0.118. The molecule has 1 N–H and O–H groups in total. The van der Waals surface area contributed by atoms with Crippen LogP contribution in [0.1, 0.15) is 19.3 Å². The Balaban J connectivity index is 0.00000288. The molecule has 1 heterocycles. The number of nitrogens with zero attached hydrogens (tertiary/aromatic N) is 1. The van der Waals surface area contributed by atoms with E-state index in [2.05, 4.69) is 5.32 Å². The summed E-state index contributed by atoms with van der Waals surface area (Å²) in [6, 6.07) is 3.58. The maximum absolute atomic E-state index is 12.4. The maximum atomic E-state index is 12.4. The molecule has 1 atom stereocenters. The molecule has 1 aromatic rings. The number of hydrogen-bond donors (Lipinski definition) is 1. The van der Waals surface area contributed by atoms with Crippen molar-refractivity contribution < 1.29 is 19.0 Å². The Kier molecular flexibility index (Phi) is 8.15. The van der Waals surface area contributed by atoms with Crippen molar-refractivity contribution in [2.45, 2.75) is 19.3 Å². The second kappa shape index (κ2) is 9.59. The summed E-state index contributed by atoms with van der Waals surface area (Å²) < 4.78 is 16.0. The number of anilines is 1. The highest BCUT2D eigenvalue weighted by atomic mass is 35.5. The fourth-order valence-corrected chi connectivity index (χ4v) is 2.86. The van der Waals surface area contributed by atoms with Crippen molar-refractivity contribution in [3.63, 3.8) is 0 Å². The molecule has 6 nitrogen and oxygen atoms in total. The lowest BCUT2D eigenvalue weighted by Gasteiger charge is -2.21. The van der Waals surface area contributed by atoms with Crippen molar-refractivity contribution in [1.29, 1.82) is 0 Å². The van der Waals surface area contributed by atoms with Crippen molar-refractivity contribution in [2.24, 2.45) is 5.92 Å². The van der Waals surface area contributed by atoms with Gasteiger partial charge in [0, 0.05) is 25.6 Å². The number of nitrogens with one attached hydrogen (secondary N) is 1. The predicted octanol–water partition coefficient (Wildman–Crippen LogP) is 2.49. The number of ether oxygens (including phenoxy) is 3. The molecule has 136 valence electrons. The van der Waals surface area contributed by atoms with E-state index in [0.717, 1.165) is 31.6 Å². The first-order valence-corrected chi connectivity index (χ1v) is 7.88. The Morgan fingerprint density at radius 3 is 2.29 bits per heavy atom. The monoisotopic (exact) mass is 358 g/mol. The summed E-state index contributed by atoms with van der Waals surface area (Å²) in [7, 11) is 6.46. The molecule has 0 aromatic heterocycles. The molecule has 0 bridgehead atoms. The first kappa shape index (κ1) is 20.4. The smallest absolute Gasteiger partial charge is 0.226 e. The zero-order chi connectivity index (χ0) is 16.8. The van der Waals surface area contributed by atoms with Gasteiger partial charge in [0.15, 0.2) is 11.5 Å². The van der Waals surface area contributed by atoms with Crippen LogP contribution in [0.2, 0.25) is 0 Å². The Hall–Kier alpha value is -1.66. The molecule has 0 spiro atoms. The number of amides is 1. The van der Waals surface area contributed by atoms with Crippen molar-refractivity contribution in [3.8, 4) is 17.2 Å². The third-order valence-electron chi connectivity index (χ3n) is 4.34. The lowest BCUT2D eigenvalue weighted by atomic mass is 10.0. The van der Waals surface area contributed by atoms with Crippen molar-refractivity contribution >= 4 is 24.0 Å². The molecule has 1 unspecified atom stereocenters. The Morgan fingerprint density at radius 1 is 1.21 bits per heavy atom. The predicted molar refractivity (Wildman–Crippen MR) is 97.0 cm³/mol. The largest absolute Gasteiger partial charge is 0.493 e. The maximum Gasteiger partial charge on any atom is 0.226 e. The van der Waals surface area contributed by atoms with E-state index in [9.17, 15) is 4.79 Å². The summed E-state index contributed by atoms with van der Waals surface area (Å²) >= 11 is 0. The van der Waals surface area contributed by atoms with Crippen LogP contribution in [0.25, 0.3) is 0 Å². The van der Waals surface area contributed by atoms with Crippen LogP contribution in [0.5, 0.6) is 17.2 Å². The molecule has 1 aliphatic rings. The number of rotatable bonds is 7. The van der Waals surface area contributed by atoms with Crippen LogP contribution in [0, 0.1) is 5.92 Å². The molecular weight excluding hydrogens is 332 g/mol. The fourth-order valence-electron chi connectivity index (χ4n) is 2.86. The molecule has 1 saturated heterocycles. The van der Waals surface area contributed by atoms with E-state index >= 15 is 0 Å². The Bertz CT molecular complexity index is 522. The number of methoxy groups -OCH3 is 3. The number of hydrogen-bond acceptors (Lipinski definition) is 5. The molecule has 7 heteroatoms. The Labute approximate surface area is 149 Å².